The average Bonchev–Trinajstić information content (AvgIpc) is 2.17. The Labute approximate surface area is 118 Å². The van der Waals surface area contributed by atoms with Gasteiger partial charge in [-0.05, 0) is 44.5 Å². The summed E-state index contributed by atoms with van der Waals surface area (Å²) < 4.78 is 5.22. The van der Waals surface area contributed by atoms with E-state index in [1.807, 2.05) is 32.9 Å². The van der Waals surface area contributed by atoms with Gasteiger partial charge in [0.15, 0.2) is 0 Å². The molecule has 1 aromatic rings. The van der Waals surface area contributed by atoms with Crippen LogP contribution in [0.25, 0.3) is 0 Å². The zero-order chi connectivity index (χ0) is 14.0. The highest BCUT2D eigenvalue weighted by molar-refractivity contribution is 6.31. The number of hydrogen-bond donors (Lipinski definition) is 2. The second-order valence-electron chi connectivity index (χ2n) is 5.72. The average molecular weight is 283 g/mol. The zero-order valence-electron chi connectivity index (χ0n) is 11.4. The fourth-order valence-corrected chi connectivity index (χ4v) is 2.14. The van der Waals surface area contributed by atoms with Gasteiger partial charge in [0.1, 0.15) is 5.60 Å². The van der Waals surface area contributed by atoms with Crippen molar-refractivity contribution < 1.29 is 9.53 Å². The lowest BCUT2D eigenvalue weighted by Gasteiger charge is -2.28. The number of benzene rings is 1. The van der Waals surface area contributed by atoms with E-state index in [2.05, 4.69) is 10.6 Å². The van der Waals surface area contributed by atoms with E-state index in [0.717, 1.165) is 23.7 Å². The van der Waals surface area contributed by atoms with Crippen LogP contribution in [0.2, 0.25) is 5.02 Å². The number of hydrogen-bond acceptors (Lipinski definition) is 3. The minimum atomic E-state index is -0.503. The third-order valence-electron chi connectivity index (χ3n) is 2.86. The van der Waals surface area contributed by atoms with Gasteiger partial charge in [-0.2, -0.15) is 0 Å². The van der Waals surface area contributed by atoms with Crippen molar-refractivity contribution in [1.82, 2.24) is 5.32 Å². The van der Waals surface area contributed by atoms with Gasteiger partial charge in [0, 0.05) is 29.7 Å². The fraction of sp³-hybridized carbons (Fsp3) is 0.500. The molecular weight excluding hydrogens is 264 g/mol. The highest BCUT2D eigenvalue weighted by Crippen LogP contribution is 2.30. The molecule has 1 heterocycles. The summed E-state index contributed by atoms with van der Waals surface area (Å²) in [5.74, 6) is 0.424. The van der Waals surface area contributed by atoms with Crippen LogP contribution in [0.15, 0.2) is 18.2 Å². The maximum atomic E-state index is 11.7. The summed E-state index contributed by atoms with van der Waals surface area (Å²) in [6, 6.07) is 5.50. The third-order valence-corrected chi connectivity index (χ3v) is 3.21. The largest absolute Gasteiger partial charge is 0.444 e. The van der Waals surface area contributed by atoms with E-state index < -0.39 is 11.7 Å². The van der Waals surface area contributed by atoms with Gasteiger partial charge in [-0.1, -0.05) is 11.6 Å². The van der Waals surface area contributed by atoms with Crippen molar-refractivity contribution in [3.8, 4) is 0 Å². The predicted molar refractivity (Wildman–Crippen MR) is 76.9 cm³/mol. The molecule has 0 aliphatic carbocycles. The van der Waals surface area contributed by atoms with Gasteiger partial charge in [0.05, 0.1) is 0 Å². The summed E-state index contributed by atoms with van der Waals surface area (Å²) in [5.41, 5.74) is 1.27. The molecule has 2 rings (SSSR count). The molecular formula is C14H19ClN2O2. The molecule has 0 atom stereocenters. The van der Waals surface area contributed by atoms with E-state index in [4.69, 9.17) is 16.3 Å². The number of amides is 1. The number of nitrogens with one attached hydrogen (secondary N) is 2. The lowest BCUT2D eigenvalue weighted by Crippen LogP contribution is -2.40. The van der Waals surface area contributed by atoms with Crippen LogP contribution >= 0.6 is 11.6 Å². The van der Waals surface area contributed by atoms with E-state index >= 15 is 0 Å². The molecule has 1 amide bonds. The van der Waals surface area contributed by atoms with Gasteiger partial charge in [-0.3, -0.25) is 5.32 Å². The number of anilines is 1. The summed E-state index contributed by atoms with van der Waals surface area (Å²) >= 11 is 6.18. The van der Waals surface area contributed by atoms with Crippen molar-refractivity contribution in [2.75, 3.05) is 18.4 Å². The molecule has 0 aromatic heterocycles. The van der Waals surface area contributed by atoms with Crippen molar-refractivity contribution in [1.29, 1.82) is 0 Å². The quantitative estimate of drug-likeness (QED) is 0.874. The van der Waals surface area contributed by atoms with Gasteiger partial charge < -0.3 is 10.1 Å². The van der Waals surface area contributed by atoms with Crippen LogP contribution < -0.4 is 10.6 Å². The van der Waals surface area contributed by atoms with Gasteiger partial charge in [-0.25, -0.2) is 4.79 Å². The predicted octanol–water partition coefficient (Wildman–Crippen LogP) is 3.37. The van der Waals surface area contributed by atoms with Crippen LogP contribution in [0.5, 0.6) is 0 Å². The van der Waals surface area contributed by atoms with Crippen LogP contribution in [-0.4, -0.2) is 24.8 Å². The van der Waals surface area contributed by atoms with Crippen molar-refractivity contribution >= 4 is 23.4 Å². The number of ether oxygens (including phenoxy) is 1. The highest BCUT2D eigenvalue weighted by atomic mass is 35.5. The fourth-order valence-electron chi connectivity index (χ4n) is 1.86. The van der Waals surface area contributed by atoms with Gasteiger partial charge in [0.25, 0.3) is 0 Å². The Balaban J connectivity index is 2.06. The summed E-state index contributed by atoms with van der Waals surface area (Å²) in [4.78, 5) is 11.7. The molecule has 19 heavy (non-hydrogen) atoms. The molecule has 0 saturated carbocycles. The second-order valence-corrected chi connectivity index (χ2v) is 6.13. The van der Waals surface area contributed by atoms with Gasteiger partial charge >= 0.3 is 6.09 Å². The van der Waals surface area contributed by atoms with Crippen molar-refractivity contribution in [2.45, 2.75) is 32.3 Å². The molecule has 2 N–H and O–H groups in total. The number of rotatable bonds is 2. The van der Waals surface area contributed by atoms with Gasteiger partial charge in [0.2, 0.25) is 0 Å². The van der Waals surface area contributed by atoms with Crippen LogP contribution in [0.1, 0.15) is 32.3 Å². The Hall–Kier alpha value is -1.26. The van der Waals surface area contributed by atoms with Crippen molar-refractivity contribution in [3.63, 3.8) is 0 Å². The van der Waals surface area contributed by atoms with Crippen molar-refractivity contribution in [3.05, 3.63) is 28.8 Å². The maximum absolute atomic E-state index is 11.7. The lowest BCUT2D eigenvalue weighted by atomic mass is 9.93. The second kappa shape index (κ2) is 5.39. The molecule has 1 saturated heterocycles. The third kappa shape index (κ3) is 3.85. The normalized spacial score (nSPS) is 15.8. The maximum Gasteiger partial charge on any atom is 0.412 e. The van der Waals surface area contributed by atoms with Crippen LogP contribution in [0.4, 0.5) is 10.5 Å². The molecule has 1 fully saturated rings. The Morgan fingerprint density at radius 3 is 2.63 bits per heavy atom. The number of carbonyl (C=O) groups excluding carboxylic acids is 1. The van der Waals surface area contributed by atoms with Crippen LogP contribution in [-0.2, 0) is 4.74 Å². The number of halogens is 1. The Morgan fingerprint density at radius 2 is 2.11 bits per heavy atom. The van der Waals surface area contributed by atoms with E-state index in [1.54, 1.807) is 6.07 Å². The summed E-state index contributed by atoms with van der Waals surface area (Å²) in [6.07, 6.45) is -0.451. The molecule has 0 radical (unpaired) electrons. The standard InChI is InChI=1S/C14H19ClN2O2/c1-14(2,3)19-13(18)17-10-4-5-12(15)11(6-10)9-7-16-8-9/h4-6,9,16H,7-8H2,1-3H3,(H,17,18). The van der Waals surface area contributed by atoms with E-state index in [9.17, 15) is 4.79 Å². The molecule has 0 spiro atoms. The lowest BCUT2D eigenvalue weighted by molar-refractivity contribution is 0.0636. The van der Waals surface area contributed by atoms with Gasteiger partial charge in [-0.15, -0.1) is 0 Å². The molecule has 0 bridgehead atoms. The summed E-state index contributed by atoms with van der Waals surface area (Å²) in [7, 11) is 0. The SMILES string of the molecule is CC(C)(C)OC(=O)Nc1ccc(Cl)c(C2CNC2)c1. The first kappa shape index (κ1) is 14.2. The molecule has 0 unspecified atom stereocenters. The van der Waals surface area contributed by atoms with Crippen LogP contribution in [0.3, 0.4) is 0 Å². The topological polar surface area (TPSA) is 50.4 Å². The first-order valence-corrected chi connectivity index (χ1v) is 6.73. The number of carbonyl (C=O) groups is 1. The Kier molecular flexibility index (Phi) is 4.02. The minimum Gasteiger partial charge on any atom is -0.444 e. The smallest absolute Gasteiger partial charge is 0.412 e. The Morgan fingerprint density at radius 1 is 1.42 bits per heavy atom. The summed E-state index contributed by atoms with van der Waals surface area (Å²) in [5, 5.41) is 6.67. The molecule has 1 aliphatic rings. The zero-order valence-corrected chi connectivity index (χ0v) is 12.2. The minimum absolute atomic E-state index is 0.424. The Bertz CT molecular complexity index is 479. The molecule has 104 valence electrons. The van der Waals surface area contributed by atoms with E-state index in [1.165, 1.54) is 0 Å². The summed E-state index contributed by atoms with van der Waals surface area (Å²) in [6.45, 7) is 7.35. The molecule has 5 heteroatoms. The monoisotopic (exact) mass is 282 g/mol. The molecule has 1 aromatic carbocycles. The van der Waals surface area contributed by atoms with E-state index in [0.29, 0.717) is 11.6 Å². The van der Waals surface area contributed by atoms with Crippen molar-refractivity contribution in [2.24, 2.45) is 0 Å². The van der Waals surface area contributed by atoms with Crippen LogP contribution in [0, 0.1) is 0 Å². The first-order chi connectivity index (χ1) is 8.85. The molecule has 4 nitrogen and oxygen atoms in total. The first-order valence-electron chi connectivity index (χ1n) is 6.35. The highest BCUT2D eigenvalue weighted by Gasteiger charge is 2.22. The van der Waals surface area contributed by atoms with E-state index in [-0.39, 0.29) is 0 Å². The molecule has 1 aliphatic heterocycles.